The average Bonchev–Trinajstić information content (AvgIpc) is 2.54. The fourth-order valence-electron chi connectivity index (χ4n) is 1.99. The number of hydrogen-bond donors (Lipinski definition) is 0. The summed E-state index contributed by atoms with van der Waals surface area (Å²) in [6, 6.07) is 13.8. The quantitative estimate of drug-likeness (QED) is 0.642. The van der Waals surface area contributed by atoms with Crippen LogP contribution in [0.2, 0.25) is 0 Å². The second-order valence-corrected chi connectivity index (χ2v) is 5.56. The van der Waals surface area contributed by atoms with Crippen molar-refractivity contribution in [3.8, 4) is 0 Å². The second-order valence-electron chi connectivity index (χ2n) is 5.56. The Hall–Kier alpha value is -2.82. The van der Waals surface area contributed by atoms with Crippen LogP contribution in [-0.4, -0.2) is 40.1 Å². The highest BCUT2D eigenvalue weighted by Gasteiger charge is 2.15. The van der Waals surface area contributed by atoms with Crippen LogP contribution in [0.5, 0.6) is 0 Å². The lowest BCUT2D eigenvalue weighted by molar-refractivity contribution is 0.0398. The van der Waals surface area contributed by atoms with E-state index in [-0.39, 0.29) is 0 Å². The van der Waals surface area contributed by atoms with Crippen molar-refractivity contribution >= 4 is 23.3 Å². The van der Waals surface area contributed by atoms with E-state index < -0.39 is 11.9 Å². The van der Waals surface area contributed by atoms with E-state index in [4.69, 9.17) is 4.74 Å². The summed E-state index contributed by atoms with van der Waals surface area (Å²) in [7, 11) is 7.64. The predicted molar refractivity (Wildman–Crippen MR) is 91.3 cm³/mol. The van der Waals surface area contributed by atoms with Crippen LogP contribution in [0.1, 0.15) is 20.7 Å². The monoisotopic (exact) mass is 312 g/mol. The molecule has 0 unspecified atom stereocenters. The number of benzene rings is 2. The van der Waals surface area contributed by atoms with Crippen molar-refractivity contribution in [3.05, 3.63) is 59.7 Å². The van der Waals surface area contributed by atoms with Crippen molar-refractivity contribution in [3.63, 3.8) is 0 Å². The maximum Gasteiger partial charge on any atom is 0.346 e. The molecule has 0 fully saturated rings. The molecule has 5 heteroatoms. The van der Waals surface area contributed by atoms with Crippen LogP contribution in [0.3, 0.4) is 0 Å². The van der Waals surface area contributed by atoms with Crippen LogP contribution < -0.4 is 9.80 Å². The zero-order valence-electron chi connectivity index (χ0n) is 13.7. The first-order valence-corrected chi connectivity index (χ1v) is 7.20. The van der Waals surface area contributed by atoms with Gasteiger partial charge in [-0.25, -0.2) is 9.59 Å². The summed E-state index contributed by atoms with van der Waals surface area (Å²) >= 11 is 0. The van der Waals surface area contributed by atoms with Crippen LogP contribution in [0.25, 0.3) is 0 Å². The highest BCUT2D eigenvalue weighted by Crippen LogP contribution is 2.15. The van der Waals surface area contributed by atoms with E-state index in [2.05, 4.69) is 0 Å². The molecule has 0 saturated carbocycles. The standard InChI is InChI=1S/C18H20N2O3/c1-19(2)15-9-5-13(6-10-15)17(21)23-18(22)14-7-11-16(12-8-14)20(3)4/h5-12H,1-4H3. The van der Waals surface area contributed by atoms with Crippen LogP contribution in [-0.2, 0) is 4.74 Å². The Morgan fingerprint density at radius 1 is 0.652 bits per heavy atom. The molecule has 0 atom stereocenters. The van der Waals surface area contributed by atoms with E-state index in [1.54, 1.807) is 48.5 Å². The third-order valence-corrected chi connectivity index (χ3v) is 3.42. The number of carbonyl (C=O) groups excluding carboxylic acids is 2. The molecule has 0 aliphatic heterocycles. The number of ether oxygens (including phenoxy) is 1. The molecule has 0 heterocycles. The summed E-state index contributed by atoms with van der Waals surface area (Å²) in [4.78, 5) is 27.9. The van der Waals surface area contributed by atoms with Gasteiger partial charge in [0.25, 0.3) is 0 Å². The molecule has 0 spiro atoms. The second kappa shape index (κ2) is 6.96. The Labute approximate surface area is 136 Å². The molecule has 0 radical (unpaired) electrons. The van der Waals surface area contributed by atoms with Gasteiger partial charge in [0.05, 0.1) is 11.1 Å². The highest BCUT2D eigenvalue weighted by molar-refractivity contribution is 6.02. The van der Waals surface area contributed by atoms with Gasteiger partial charge in [-0.3, -0.25) is 0 Å². The van der Waals surface area contributed by atoms with Gasteiger partial charge >= 0.3 is 11.9 Å². The minimum absolute atomic E-state index is 0.342. The van der Waals surface area contributed by atoms with Crippen molar-refractivity contribution in [1.29, 1.82) is 0 Å². The Bertz CT molecular complexity index is 628. The van der Waals surface area contributed by atoms with Gasteiger partial charge in [-0.2, -0.15) is 0 Å². The summed E-state index contributed by atoms with van der Waals surface area (Å²) < 4.78 is 4.92. The van der Waals surface area contributed by atoms with E-state index >= 15 is 0 Å². The largest absolute Gasteiger partial charge is 0.386 e. The van der Waals surface area contributed by atoms with Crippen LogP contribution in [0.15, 0.2) is 48.5 Å². The first kappa shape index (κ1) is 16.5. The fraction of sp³-hybridized carbons (Fsp3) is 0.222. The van der Waals surface area contributed by atoms with Gasteiger partial charge in [-0.15, -0.1) is 0 Å². The minimum atomic E-state index is -0.656. The molecule has 0 N–H and O–H groups in total. The van der Waals surface area contributed by atoms with E-state index in [0.29, 0.717) is 11.1 Å². The summed E-state index contributed by atoms with van der Waals surface area (Å²) in [5, 5.41) is 0. The SMILES string of the molecule is CN(C)c1ccc(C(=O)OC(=O)c2ccc(N(C)C)cc2)cc1. The predicted octanol–water partition coefficient (Wildman–Crippen LogP) is 2.82. The van der Waals surface area contributed by atoms with Crippen LogP contribution in [0, 0.1) is 0 Å². The average molecular weight is 312 g/mol. The lowest BCUT2D eigenvalue weighted by Gasteiger charge is -2.13. The number of rotatable bonds is 4. The number of nitrogens with zero attached hydrogens (tertiary/aromatic N) is 2. The minimum Gasteiger partial charge on any atom is -0.386 e. The van der Waals surface area contributed by atoms with E-state index in [1.165, 1.54) is 0 Å². The van der Waals surface area contributed by atoms with Gasteiger partial charge in [0.15, 0.2) is 0 Å². The van der Waals surface area contributed by atoms with Gasteiger partial charge < -0.3 is 14.5 Å². The molecular weight excluding hydrogens is 292 g/mol. The number of anilines is 2. The molecule has 0 bridgehead atoms. The van der Waals surface area contributed by atoms with Crippen LogP contribution in [0.4, 0.5) is 11.4 Å². The van der Waals surface area contributed by atoms with Crippen LogP contribution >= 0.6 is 0 Å². The third-order valence-electron chi connectivity index (χ3n) is 3.42. The Kier molecular flexibility index (Phi) is 5.01. The summed E-state index contributed by atoms with van der Waals surface area (Å²) in [6.07, 6.45) is 0. The van der Waals surface area contributed by atoms with Gasteiger partial charge in [0.2, 0.25) is 0 Å². The molecule has 5 nitrogen and oxygen atoms in total. The molecule has 2 aromatic carbocycles. The number of hydrogen-bond acceptors (Lipinski definition) is 5. The summed E-state index contributed by atoms with van der Waals surface area (Å²) in [6.45, 7) is 0. The first-order valence-electron chi connectivity index (χ1n) is 7.20. The first-order chi connectivity index (χ1) is 10.9. The number of esters is 2. The third kappa shape index (κ3) is 4.10. The Balaban J connectivity index is 2.05. The molecule has 2 aromatic rings. The van der Waals surface area contributed by atoms with Gasteiger partial charge in [-0.1, -0.05) is 0 Å². The molecule has 2 rings (SSSR count). The molecule has 0 aromatic heterocycles. The van der Waals surface area contributed by atoms with E-state index in [0.717, 1.165) is 11.4 Å². The molecule has 23 heavy (non-hydrogen) atoms. The van der Waals surface area contributed by atoms with Crippen molar-refractivity contribution in [2.45, 2.75) is 0 Å². The van der Waals surface area contributed by atoms with E-state index in [9.17, 15) is 9.59 Å². The van der Waals surface area contributed by atoms with Crippen molar-refractivity contribution in [2.24, 2.45) is 0 Å². The van der Waals surface area contributed by atoms with Crippen molar-refractivity contribution in [1.82, 2.24) is 0 Å². The van der Waals surface area contributed by atoms with Crippen molar-refractivity contribution < 1.29 is 14.3 Å². The van der Waals surface area contributed by atoms with Gasteiger partial charge in [0.1, 0.15) is 0 Å². The topological polar surface area (TPSA) is 49.9 Å². The summed E-state index contributed by atoms with van der Waals surface area (Å²) in [5.41, 5.74) is 2.61. The zero-order valence-corrected chi connectivity index (χ0v) is 13.7. The molecule has 0 amide bonds. The van der Waals surface area contributed by atoms with E-state index in [1.807, 2.05) is 38.0 Å². The van der Waals surface area contributed by atoms with Gasteiger partial charge in [0, 0.05) is 39.6 Å². The zero-order chi connectivity index (χ0) is 17.0. The fourth-order valence-corrected chi connectivity index (χ4v) is 1.99. The molecular formula is C18H20N2O3. The summed E-state index contributed by atoms with van der Waals surface area (Å²) in [5.74, 6) is -1.31. The maximum atomic E-state index is 12.0. The highest BCUT2D eigenvalue weighted by atomic mass is 16.6. The van der Waals surface area contributed by atoms with Crippen molar-refractivity contribution in [2.75, 3.05) is 38.0 Å². The normalized spacial score (nSPS) is 10.1. The molecule has 120 valence electrons. The molecule has 0 aliphatic carbocycles. The number of carbonyl (C=O) groups is 2. The maximum absolute atomic E-state index is 12.0. The van der Waals surface area contributed by atoms with Gasteiger partial charge in [-0.05, 0) is 48.5 Å². The Morgan fingerprint density at radius 2 is 0.957 bits per heavy atom. The smallest absolute Gasteiger partial charge is 0.346 e. The lowest BCUT2D eigenvalue weighted by atomic mass is 10.2. The Morgan fingerprint density at radius 3 is 1.22 bits per heavy atom. The lowest BCUT2D eigenvalue weighted by Crippen LogP contribution is -2.14. The molecule has 0 aliphatic rings. The molecule has 0 saturated heterocycles.